The fourth-order valence-electron chi connectivity index (χ4n) is 3.25. The Balaban J connectivity index is 1.65. The molecule has 2 aromatic rings. The summed E-state index contributed by atoms with van der Waals surface area (Å²) >= 11 is 5.99. The Morgan fingerprint density at radius 1 is 1.15 bits per heavy atom. The highest BCUT2D eigenvalue weighted by Gasteiger charge is 2.21. The van der Waals surface area contributed by atoms with Crippen LogP contribution in [0.2, 0.25) is 5.02 Å². The van der Waals surface area contributed by atoms with Crippen LogP contribution in [0.3, 0.4) is 0 Å². The summed E-state index contributed by atoms with van der Waals surface area (Å²) in [7, 11) is 1.59. The molecular formula is C20H22ClFN2O2. The molecule has 1 saturated heterocycles. The van der Waals surface area contributed by atoms with Gasteiger partial charge >= 0.3 is 0 Å². The number of carbonyl (C=O) groups excluding carboxylic acids is 1. The lowest BCUT2D eigenvalue weighted by Crippen LogP contribution is -2.35. The van der Waals surface area contributed by atoms with Crippen LogP contribution in [-0.4, -0.2) is 49.0 Å². The van der Waals surface area contributed by atoms with Crippen molar-refractivity contribution in [2.24, 2.45) is 0 Å². The van der Waals surface area contributed by atoms with E-state index in [1.165, 1.54) is 12.1 Å². The standard InChI is InChI=1S/C20H22ClFN2O2/c1-26-19-7-6-18(22)13-16(19)14-23-8-3-9-24(11-10-23)20(25)15-4-2-5-17(21)12-15/h2,4-7,12-13H,3,8-11,14H2,1H3. The maximum atomic E-state index is 13.6. The second kappa shape index (κ2) is 8.52. The summed E-state index contributed by atoms with van der Waals surface area (Å²) in [6.45, 7) is 3.50. The van der Waals surface area contributed by atoms with Crippen LogP contribution in [0.25, 0.3) is 0 Å². The van der Waals surface area contributed by atoms with Crippen LogP contribution < -0.4 is 4.74 Å². The predicted molar refractivity (Wildman–Crippen MR) is 100 cm³/mol. The van der Waals surface area contributed by atoms with Gasteiger partial charge in [-0.3, -0.25) is 9.69 Å². The predicted octanol–water partition coefficient (Wildman–Crippen LogP) is 3.84. The van der Waals surface area contributed by atoms with Gasteiger partial charge in [-0.25, -0.2) is 4.39 Å². The molecule has 0 aromatic heterocycles. The summed E-state index contributed by atoms with van der Waals surface area (Å²) in [5.41, 5.74) is 1.43. The van der Waals surface area contributed by atoms with Gasteiger partial charge in [0.2, 0.25) is 0 Å². The van der Waals surface area contributed by atoms with Crippen molar-refractivity contribution >= 4 is 17.5 Å². The highest BCUT2D eigenvalue weighted by atomic mass is 35.5. The molecule has 1 heterocycles. The van der Waals surface area contributed by atoms with Crippen LogP contribution in [0.5, 0.6) is 5.75 Å². The van der Waals surface area contributed by atoms with E-state index in [1.807, 2.05) is 4.90 Å². The fourth-order valence-corrected chi connectivity index (χ4v) is 3.44. The first-order valence-corrected chi connectivity index (χ1v) is 9.04. The highest BCUT2D eigenvalue weighted by Crippen LogP contribution is 2.22. The number of halogens is 2. The SMILES string of the molecule is COc1ccc(F)cc1CN1CCCN(C(=O)c2cccc(Cl)c2)CC1. The van der Waals surface area contributed by atoms with Crippen LogP contribution in [0.1, 0.15) is 22.3 Å². The van der Waals surface area contributed by atoms with Crippen LogP contribution in [-0.2, 0) is 6.54 Å². The Hall–Kier alpha value is -2.11. The van der Waals surface area contributed by atoms with Gasteiger partial charge in [-0.1, -0.05) is 17.7 Å². The fraction of sp³-hybridized carbons (Fsp3) is 0.350. The normalized spacial score (nSPS) is 15.6. The minimum atomic E-state index is -0.270. The van der Waals surface area contributed by atoms with Crippen molar-refractivity contribution in [3.8, 4) is 5.75 Å². The molecule has 3 rings (SSSR count). The molecular weight excluding hydrogens is 355 g/mol. The summed E-state index contributed by atoms with van der Waals surface area (Å²) in [6.07, 6.45) is 0.865. The van der Waals surface area contributed by atoms with Crippen LogP contribution in [0.4, 0.5) is 4.39 Å². The van der Waals surface area contributed by atoms with Crippen LogP contribution in [0.15, 0.2) is 42.5 Å². The van der Waals surface area contributed by atoms with E-state index in [0.29, 0.717) is 36.0 Å². The molecule has 0 radical (unpaired) electrons. The second-order valence-corrected chi connectivity index (χ2v) is 6.82. The number of methoxy groups -OCH3 is 1. The van der Waals surface area contributed by atoms with Gasteiger partial charge in [0.1, 0.15) is 11.6 Å². The van der Waals surface area contributed by atoms with Gasteiger partial charge in [0.15, 0.2) is 0 Å². The first-order chi connectivity index (χ1) is 12.6. The van der Waals surface area contributed by atoms with Gasteiger partial charge in [0.05, 0.1) is 7.11 Å². The van der Waals surface area contributed by atoms with Crippen molar-refractivity contribution in [3.05, 3.63) is 64.4 Å². The van der Waals surface area contributed by atoms with E-state index >= 15 is 0 Å². The largest absolute Gasteiger partial charge is 0.496 e. The van der Waals surface area contributed by atoms with E-state index in [0.717, 1.165) is 25.1 Å². The van der Waals surface area contributed by atoms with E-state index in [1.54, 1.807) is 37.4 Å². The smallest absolute Gasteiger partial charge is 0.253 e. The number of hydrogen-bond donors (Lipinski definition) is 0. The van der Waals surface area contributed by atoms with Gasteiger partial charge in [-0.2, -0.15) is 0 Å². The third-order valence-electron chi connectivity index (χ3n) is 4.58. The Morgan fingerprint density at radius 3 is 2.77 bits per heavy atom. The number of hydrogen-bond acceptors (Lipinski definition) is 3. The maximum absolute atomic E-state index is 13.6. The van der Waals surface area contributed by atoms with Crippen molar-refractivity contribution in [1.29, 1.82) is 0 Å². The Morgan fingerprint density at radius 2 is 2.00 bits per heavy atom. The monoisotopic (exact) mass is 376 g/mol. The van der Waals surface area contributed by atoms with Gasteiger partial charge < -0.3 is 9.64 Å². The zero-order valence-corrected chi connectivity index (χ0v) is 15.5. The molecule has 0 bridgehead atoms. The van der Waals surface area contributed by atoms with Gasteiger partial charge in [-0.05, 0) is 42.8 Å². The summed E-state index contributed by atoms with van der Waals surface area (Å²) in [4.78, 5) is 16.8. The number of carbonyl (C=O) groups is 1. The minimum Gasteiger partial charge on any atom is -0.496 e. The van der Waals surface area contributed by atoms with E-state index in [-0.39, 0.29) is 11.7 Å². The van der Waals surface area contributed by atoms with Crippen molar-refractivity contribution in [1.82, 2.24) is 9.80 Å². The second-order valence-electron chi connectivity index (χ2n) is 6.39. The van der Waals surface area contributed by atoms with Crippen LogP contribution >= 0.6 is 11.6 Å². The molecule has 1 fully saturated rings. The van der Waals surface area contributed by atoms with Crippen molar-refractivity contribution < 1.29 is 13.9 Å². The maximum Gasteiger partial charge on any atom is 0.253 e. The first-order valence-electron chi connectivity index (χ1n) is 8.66. The molecule has 0 N–H and O–H groups in total. The molecule has 138 valence electrons. The Labute approximate surface area is 158 Å². The molecule has 2 aromatic carbocycles. The summed E-state index contributed by atoms with van der Waals surface area (Å²) in [6, 6.07) is 11.6. The van der Waals surface area contributed by atoms with Crippen molar-refractivity contribution in [3.63, 3.8) is 0 Å². The molecule has 1 amide bonds. The zero-order valence-electron chi connectivity index (χ0n) is 14.8. The molecule has 6 heteroatoms. The van der Waals surface area contributed by atoms with Gasteiger partial charge in [-0.15, -0.1) is 0 Å². The summed E-state index contributed by atoms with van der Waals surface area (Å²) in [5, 5.41) is 0.561. The quantitative estimate of drug-likeness (QED) is 0.812. The highest BCUT2D eigenvalue weighted by molar-refractivity contribution is 6.30. The number of benzene rings is 2. The minimum absolute atomic E-state index is 0.00214. The van der Waals surface area contributed by atoms with E-state index < -0.39 is 0 Å². The topological polar surface area (TPSA) is 32.8 Å². The average molecular weight is 377 g/mol. The molecule has 0 atom stereocenters. The van der Waals surface area contributed by atoms with Crippen molar-refractivity contribution in [2.75, 3.05) is 33.3 Å². The Kier molecular flexibility index (Phi) is 6.12. The Bertz CT molecular complexity index is 784. The third-order valence-corrected chi connectivity index (χ3v) is 4.82. The summed E-state index contributed by atoms with van der Waals surface area (Å²) in [5.74, 6) is 0.411. The lowest BCUT2D eigenvalue weighted by molar-refractivity contribution is 0.0761. The average Bonchev–Trinajstić information content (AvgIpc) is 2.87. The van der Waals surface area contributed by atoms with Crippen LogP contribution in [0, 0.1) is 5.82 Å². The van der Waals surface area contributed by atoms with Crippen molar-refractivity contribution in [2.45, 2.75) is 13.0 Å². The third kappa shape index (κ3) is 4.54. The molecule has 1 aliphatic rings. The lowest BCUT2D eigenvalue weighted by Gasteiger charge is -2.23. The first kappa shape index (κ1) is 18.7. The molecule has 1 aliphatic heterocycles. The van der Waals surface area contributed by atoms with Gasteiger partial charge in [0, 0.05) is 48.9 Å². The molecule has 0 unspecified atom stereocenters. The molecule has 4 nitrogen and oxygen atoms in total. The zero-order chi connectivity index (χ0) is 18.5. The summed E-state index contributed by atoms with van der Waals surface area (Å²) < 4.78 is 18.9. The number of ether oxygens (including phenoxy) is 1. The number of amides is 1. The molecule has 0 aliphatic carbocycles. The molecule has 0 spiro atoms. The number of nitrogens with zero attached hydrogens (tertiary/aromatic N) is 2. The molecule has 26 heavy (non-hydrogen) atoms. The number of rotatable bonds is 4. The molecule has 0 saturated carbocycles. The van der Waals surface area contributed by atoms with E-state index in [9.17, 15) is 9.18 Å². The lowest BCUT2D eigenvalue weighted by atomic mass is 10.1. The van der Waals surface area contributed by atoms with E-state index in [2.05, 4.69) is 4.90 Å². The van der Waals surface area contributed by atoms with E-state index in [4.69, 9.17) is 16.3 Å². The van der Waals surface area contributed by atoms with Gasteiger partial charge in [0.25, 0.3) is 5.91 Å².